The van der Waals surface area contributed by atoms with Crippen LogP contribution in [0.15, 0.2) is 12.3 Å². The zero-order valence-electron chi connectivity index (χ0n) is 16.7. The molecular formula is C17H37O5PSi. The first kappa shape index (κ1) is 23.9. The van der Waals surface area contributed by atoms with Crippen LogP contribution in [0.3, 0.4) is 0 Å². The van der Waals surface area contributed by atoms with Gasteiger partial charge < -0.3 is 18.6 Å². The van der Waals surface area contributed by atoms with Crippen LogP contribution in [0.4, 0.5) is 0 Å². The second-order valence-corrected chi connectivity index (χ2v) is 14.8. The largest absolute Gasteiger partial charge is 0.549 e. The van der Waals surface area contributed by atoms with E-state index in [4.69, 9.17) is 13.5 Å². The highest BCUT2D eigenvalue weighted by Gasteiger charge is 2.40. The van der Waals surface area contributed by atoms with Crippen LogP contribution in [0.5, 0.6) is 0 Å². The Morgan fingerprint density at radius 3 is 2.12 bits per heavy atom. The summed E-state index contributed by atoms with van der Waals surface area (Å²) in [5.74, 6) is 0. The molecule has 0 saturated carbocycles. The summed E-state index contributed by atoms with van der Waals surface area (Å²) >= 11 is 0. The van der Waals surface area contributed by atoms with Gasteiger partial charge in [0.2, 0.25) is 8.32 Å². The molecule has 24 heavy (non-hydrogen) atoms. The van der Waals surface area contributed by atoms with E-state index in [9.17, 15) is 9.67 Å². The summed E-state index contributed by atoms with van der Waals surface area (Å²) in [5, 5.41) is 10.6. The maximum atomic E-state index is 12.8. The Hall–Kier alpha value is -0.133. The van der Waals surface area contributed by atoms with Crippen LogP contribution in [0.25, 0.3) is 0 Å². The molecule has 0 rings (SSSR count). The van der Waals surface area contributed by atoms with Crippen LogP contribution in [0.2, 0.25) is 18.1 Å². The highest BCUT2D eigenvalue weighted by molar-refractivity contribution is 7.54. The van der Waals surface area contributed by atoms with Crippen molar-refractivity contribution in [1.82, 2.24) is 0 Å². The summed E-state index contributed by atoms with van der Waals surface area (Å²) in [7, 11) is -2.69. The number of unbranched alkanes of at least 4 members (excludes halogenated alkanes) is 2. The van der Waals surface area contributed by atoms with Crippen LogP contribution >= 0.6 is 7.60 Å². The Bertz CT molecular complexity index is 423. The van der Waals surface area contributed by atoms with E-state index >= 15 is 0 Å². The molecule has 144 valence electrons. The van der Waals surface area contributed by atoms with Crippen LogP contribution in [-0.4, -0.2) is 39.4 Å². The highest BCUT2D eigenvalue weighted by atomic mass is 31.2. The van der Waals surface area contributed by atoms with Crippen molar-refractivity contribution in [2.75, 3.05) is 14.2 Å². The van der Waals surface area contributed by atoms with Gasteiger partial charge in [0.05, 0.1) is 12.4 Å². The summed E-state index contributed by atoms with van der Waals surface area (Å²) in [4.78, 5) is 0. The van der Waals surface area contributed by atoms with Gasteiger partial charge in [0.1, 0.15) is 5.66 Å². The third-order valence-corrected chi connectivity index (χ3v) is 11.4. The number of aliphatic hydroxyl groups excluding tert-OH is 1. The monoisotopic (exact) mass is 380 g/mol. The molecule has 0 aromatic carbocycles. The molecule has 0 aromatic rings. The van der Waals surface area contributed by atoms with E-state index in [-0.39, 0.29) is 5.04 Å². The predicted molar refractivity (Wildman–Crippen MR) is 103 cm³/mol. The van der Waals surface area contributed by atoms with E-state index in [1.54, 1.807) is 12.3 Å². The molecule has 0 aromatic heterocycles. The fourth-order valence-electron chi connectivity index (χ4n) is 2.00. The number of hydrogen-bond acceptors (Lipinski definition) is 5. The summed E-state index contributed by atoms with van der Waals surface area (Å²) < 4.78 is 29.0. The molecule has 7 heteroatoms. The number of rotatable bonds is 11. The van der Waals surface area contributed by atoms with E-state index in [0.717, 1.165) is 19.3 Å². The first-order valence-corrected chi connectivity index (χ1v) is 13.2. The number of aliphatic hydroxyl groups is 1. The highest BCUT2D eigenvalue weighted by Crippen LogP contribution is 2.54. The van der Waals surface area contributed by atoms with Gasteiger partial charge in [0.15, 0.2) is 0 Å². The third-order valence-electron chi connectivity index (χ3n) is 4.82. The lowest BCUT2D eigenvalue weighted by atomic mass is 10.1. The van der Waals surface area contributed by atoms with Crippen molar-refractivity contribution in [3.63, 3.8) is 0 Å². The summed E-state index contributed by atoms with van der Waals surface area (Å²) in [5.41, 5.74) is -0.728. The van der Waals surface area contributed by atoms with Gasteiger partial charge in [-0.3, -0.25) is 4.57 Å². The van der Waals surface area contributed by atoms with Crippen molar-refractivity contribution in [3.8, 4) is 0 Å². The molecule has 0 heterocycles. The molecular weight excluding hydrogens is 343 g/mol. The second-order valence-electron chi connectivity index (χ2n) is 7.67. The molecule has 0 amide bonds. The van der Waals surface area contributed by atoms with Crippen molar-refractivity contribution in [2.45, 2.75) is 83.3 Å². The molecule has 1 N–H and O–H groups in total. The molecule has 2 atom stereocenters. The molecule has 0 fully saturated rings. The standard InChI is InChI=1S/C17H37O5PSi/c1-9-10-11-12-15(18)16(23(19,20-5)21-6)13-14-22-24(7,8)17(2,3)4/h13-16,18H,9-12H2,1-8H3/b14-13+. The number of hydrogen-bond donors (Lipinski definition) is 1. The third kappa shape index (κ3) is 7.01. The smallest absolute Gasteiger partial charge is 0.339 e. The average molecular weight is 381 g/mol. The zero-order chi connectivity index (χ0) is 19.0. The zero-order valence-corrected chi connectivity index (χ0v) is 18.6. The normalized spacial score (nSPS) is 16.4. The molecule has 0 aliphatic carbocycles. The van der Waals surface area contributed by atoms with Crippen molar-refractivity contribution in [3.05, 3.63) is 12.3 Å². The lowest BCUT2D eigenvalue weighted by Crippen LogP contribution is -2.39. The molecule has 5 nitrogen and oxygen atoms in total. The van der Waals surface area contributed by atoms with Crippen LogP contribution < -0.4 is 0 Å². The minimum atomic E-state index is -3.42. The van der Waals surface area contributed by atoms with Gasteiger partial charge in [-0.1, -0.05) is 47.0 Å². The second kappa shape index (κ2) is 10.1. The van der Waals surface area contributed by atoms with Crippen LogP contribution in [-0.2, 0) is 18.0 Å². The minimum absolute atomic E-state index is 0.0682. The first-order chi connectivity index (χ1) is 10.9. The predicted octanol–water partition coefficient (Wildman–Crippen LogP) is 5.32. The lowest BCUT2D eigenvalue weighted by Gasteiger charge is -2.35. The van der Waals surface area contributed by atoms with Crippen molar-refractivity contribution in [2.24, 2.45) is 0 Å². The molecule has 0 bridgehead atoms. The molecule has 0 aliphatic heterocycles. The lowest BCUT2D eigenvalue weighted by molar-refractivity contribution is 0.149. The van der Waals surface area contributed by atoms with Gasteiger partial charge in [0.25, 0.3) is 0 Å². The Balaban J connectivity index is 5.21. The van der Waals surface area contributed by atoms with Crippen molar-refractivity contribution >= 4 is 15.9 Å². The van der Waals surface area contributed by atoms with Gasteiger partial charge in [-0.15, -0.1) is 0 Å². The van der Waals surface area contributed by atoms with Crippen molar-refractivity contribution < 1.29 is 23.1 Å². The summed E-state index contributed by atoms with van der Waals surface area (Å²) in [6.07, 6.45) is 5.95. The van der Waals surface area contributed by atoms with Gasteiger partial charge in [-0.25, -0.2) is 0 Å². The van der Waals surface area contributed by atoms with Gasteiger partial charge >= 0.3 is 7.60 Å². The molecule has 0 spiro atoms. The minimum Gasteiger partial charge on any atom is -0.549 e. The van der Waals surface area contributed by atoms with Crippen molar-refractivity contribution in [1.29, 1.82) is 0 Å². The van der Waals surface area contributed by atoms with Gasteiger partial charge in [0, 0.05) is 14.2 Å². The summed E-state index contributed by atoms with van der Waals surface area (Å²) in [6.45, 7) is 12.8. The van der Waals surface area contributed by atoms with E-state index in [2.05, 4.69) is 40.8 Å². The Morgan fingerprint density at radius 2 is 1.71 bits per heavy atom. The van der Waals surface area contributed by atoms with E-state index in [0.29, 0.717) is 6.42 Å². The van der Waals surface area contributed by atoms with Crippen LogP contribution in [0, 0.1) is 0 Å². The average Bonchev–Trinajstić information content (AvgIpc) is 2.49. The molecule has 0 saturated heterocycles. The van der Waals surface area contributed by atoms with Crippen LogP contribution in [0.1, 0.15) is 53.4 Å². The Kier molecular flexibility index (Phi) is 10.1. The summed E-state index contributed by atoms with van der Waals surface area (Å²) in [6, 6.07) is 0. The maximum absolute atomic E-state index is 12.8. The molecule has 0 aliphatic rings. The SMILES string of the molecule is CCCCCC(O)C(/C=C/O[Si](C)(C)C(C)(C)C)P(=O)(OC)OC. The van der Waals surface area contributed by atoms with Gasteiger partial charge in [-0.05, 0) is 30.6 Å². The molecule has 0 radical (unpaired) electrons. The molecule has 2 unspecified atom stereocenters. The first-order valence-electron chi connectivity index (χ1n) is 8.69. The fraction of sp³-hybridized carbons (Fsp3) is 0.882. The topological polar surface area (TPSA) is 65.0 Å². The quantitative estimate of drug-likeness (QED) is 0.227. The van der Waals surface area contributed by atoms with E-state index in [1.165, 1.54) is 14.2 Å². The maximum Gasteiger partial charge on any atom is 0.339 e. The Labute approximate surface area is 149 Å². The fourth-order valence-corrected chi connectivity index (χ4v) is 4.26. The van der Waals surface area contributed by atoms with E-state index in [1.807, 2.05) is 0 Å². The Morgan fingerprint density at radius 1 is 1.17 bits per heavy atom. The van der Waals surface area contributed by atoms with E-state index < -0.39 is 27.7 Å². The van der Waals surface area contributed by atoms with Gasteiger partial charge in [-0.2, -0.15) is 0 Å².